The number of hydrogen-bond donors (Lipinski definition) is 2. The normalized spacial score (nSPS) is 24.2. The summed E-state index contributed by atoms with van der Waals surface area (Å²) in [5.74, 6) is 6.28. The molecule has 1 fully saturated rings. The number of nitrogens with two attached hydrogens (primary N) is 1. The van der Waals surface area contributed by atoms with Crippen LogP contribution in [0, 0.1) is 11.8 Å². The van der Waals surface area contributed by atoms with Crippen molar-refractivity contribution < 1.29 is 4.79 Å². The summed E-state index contributed by atoms with van der Waals surface area (Å²) in [6.07, 6.45) is 1.23. The lowest BCUT2D eigenvalue weighted by atomic mass is 9.88. The second kappa shape index (κ2) is 6.12. The molecule has 0 saturated carbocycles. The zero-order valence-electron chi connectivity index (χ0n) is 11.6. The first-order valence-electron chi connectivity index (χ1n) is 6.79. The number of aromatic nitrogens is 1. The zero-order valence-corrected chi connectivity index (χ0v) is 11.6. The highest BCUT2D eigenvalue weighted by molar-refractivity contribution is 5.91. The molecule has 1 aromatic heterocycles. The van der Waals surface area contributed by atoms with Gasteiger partial charge in [-0.05, 0) is 36.9 Å². The van der Waals surface area contributed by atoms with Gasteiger partial charge in [-0.25, -0.2) is 10.8 Å². The number of hydrazine groups is 1. The number of likely N-dealkylation sites (tertiary alicyclic amines) is 1. The molecule has 2 unspecified atom stereocenters. The molecule has 1 aliphatic rings. The summed E-state index contributed by atoms with van der Waals surface area (Å²) in [7, 11) is 0. The predicted molar refractivity (Wildman–Crippen MR) is 74.1 cm³/mol. The molecule has 104 valence electrons. The summed E-state index contributed by atoms with van der Waals surface area (Å²) < 4.78 is 0. The summed E-state index contributed by atoms with van der Waals surface area (Å²) in [5, 5.41) is 0. The van der Waals surface area contributed by atoms with E-state index >= 15 is 0 Å². The van der Waals surface area contributed by atoms with Gasteiger partial charge in [0, 0.05) is 13.1 Å². The monoisotopic (exact) mass is 262 g/mol. The molecular weight excluding hydrogens is 240 g/mol. The maximum Gasteiger partial charge on any atom is 0.283 e. The molecule has 2 atom stereocenters. The Labute approximate surface area is 114 Å². The highest BCUT2D eigenvalue weighted by Gasteiger charge is 2.22. The van der Waals surface area contributed by atoms with E-state index in [0.717, 1.165) is 31.2 Å². The highest BCUT2D eigenvalue weighted by atomic mass is 16.2. The fourth-order valence-electron chi connectivity index (χ4n) is 2.49. The molecule has 5 nitrogen and oxygen atoms in total. The van der Waals surface area contributed by atoms with Crippen molar-refractivity contribution in [2.24, 2.45) is 17.7 Å². The number of nitrogen functional groups attached to an aromatic ring is 1. The summed E-state index contributed by atoms with van der Waals surface area (Å²) in [6.45, 7) is 7.59. The SMILES string of the molecule is CC1CCN(Cc2cccc(C(=O)NN)n2)CC1C. The van der Waals surface area contributed by atoms with E-state index in [1.807, 2.05) is 12.1 Å². The lowest BCUT2D eigenvalue weighted by Crippen LogP contribution is -2.38. The van der Waals surface area contributed by atoms with Crippen molar-refractivity contribution in [1.29, 1.82) is 0 Å². The molecule has 2 rings (SSSR count). The number of nitrogens with zero attached hydrogens (tertiary/aromatic N) is 2. The first-order chi connectivity index (χ1) is 9.10. The molecule has 1 aliphatic heterocycles. The van der Waals surface area contributed by atoms with E-state index in [1.54, 1.807) is 6.07 Å². The van der Waals surface area contributed by atoms with Gasteiger partial charge in [-0.2, -0.15) is 0 Å². The molecule has 0 spiro atoms. The van der Waals surface area contributed by atoms with E-state index in [0.29, 0.717) is 11.6 Å². The molecule has 1 saturated heterocycles. The molecule has 1 amide bonds. The Morgan fingerprint density at radius 2 is 2.26 bits per heavy atom. The van der Waals surface area contributed by atoms with Crippen LogP contribution >= 0.6 is 0 Å². The third kappa shape index (κ3) is 3.52. The number of amides is 1. The van der Waals surface area contributed by atoms with Gasteiger partial charge in [-0.15, -0.1) is 0 Å². The van der Waals surface area contributed by atoms with E-state index < -0.39 is 0 Å². The van der Waals surface area contributed by atoms with Crippen molar-refractivity contribution >= 4 is 5.91 Å². The molecule has 3 N–H and O–H groups in total. The van der Waals surface area contributed by atoms with Crippen LogP contribution in [-0.2, 0) is 6.54 Å². The van der Waals surface area contributed by atoms with Crippen molar-refractivity contribution in [2.45, 2.75) is 26.8 Å². The van der Waals surface area contributed by atoms with Crippen LogP contribution in [0.25, 0.3) is 0 Å². The molecular formula is C14H22N4O. The highest BCUT2D eigenvalue weighted by Crippen LogP contribution is 2.23. The van der Waals surface area contributed by atoms with Crippen LogP contribution in [0.4, 0.5) is 0 Å². The maximum absolute atomic E-state index is 11.4. The lowest BCUT2D eigenvalue weighted by molar-refractivity contribution is 0.0947. The Hall–Kier alpha value is -1.46. The van der Waals surface area contributed by atoms with E-state index in [4.69, 9.17) is 5.84 Å². The Morgan fingerprint density at radius 1 is 1.47 bits per heavy atom. The Bertz CT molecular complexity index is 449. The van der Waals surface area contributed by atoms with Crippen LogP contribution in [0.5, 0.6) is 0 Å². The van der Waals surface area contributed by atoms with E-state index in [9.17, 15) is 4.79 Å². The average molecular weight is 262 g/mol. The van der Waals surface area contributed by atoms with Gasteiger partial charge in [0.15, 0.2) is 0 Å². The van der Waals surface area contributed by atoms with Crippen molar-refractivity contribution in [3.8, 4) is 0 Å². The van der Waals surface area contributed by atoms with E-state index in [-0.39, 0.29) is 5.91 Å². The van der Waals surface area contributed by atoms with Crippen LogP contribution in [0.3, 0.4) is 0 Å². The number of carbonyl (C=O) groups is 1. The van der Waals surface area contributed by atoms with Gasteiger partial charge in [0.05, 0.1) is 5.69 Å². The van der Waals surface area contributed by atoms with Crippen molar-refractivity contribution in [3.63, 3.8) is 0 Å². The van der Waals surface area contributed by atoms with E-state index in [1.165, 1.54) is 6.42 Å². The zero-order chi connectivity index (χ0) is 13.8. The van der Waals surface area contributed by atoms with Crippen LogP contribution < -0.4 is 11.3 Å². The molecule has 0 aromatic carbocycles. The topological polar surface area (TPSA) is 71.2 Å². The number of rotatable bonds is 3. The maximum atomic E-state index is 11.4. The van der Waals surface area contributed by atoms with Gasteiger partial charge in [0.2, 0.25) is 0 Å². The Balaban J connectivity index is 2.01. The number of piperidine rings is 1. The second-order valence-corrected chi connectivity index (χ2v) is 5.47. The van der Waals surface area contributed by atoms with E-state index in [2.05, 4.69) is 29.2 Å². The largest absolute Gasteiger partial charge is 0.297 e. The minimum atomic E-state index is -0.345. The van der Waals surface area contributed by atoms with Gasteiger partial charge < -0.3 is 0 Å². The first kappa shape index (κ1) is 14.0. The number of pyridine rings is 1. The Morgan fingerprint density at radius 3 is 2.95 bits per heavy atom. The third-order valence-electron chi connectivity index (χ3n) is 3.97. The molecule has 0 bridgehead atoms. The molecule has 5 heteroatoms. The van der Waals surface area contributed by atoms with Gasteiger partial charge in [-0.3, -0.25) is 15.1 Å². The fourth-order valence-corrected chi connectivity index (χ4v) is 2.49. The number of hydrogen-bond acceptors (Lipinski definition) is 4. The smallest absolute Gasteiger partial charge is 0.283 e. The second-order valence-electron chi connectivity index (χ2n) is 5.47. The van der Waals surface area contributed by atoms with Crippen molar-refractivity contribution in [3.05, 3.63) is 29.6 Å². The quantitative estimate of drug-likeness (QED) is 0.487. The van der Waals surface area contributed by atoms with Gasteiger partial charge >= 0.3 is 0 Å². The third-order valence-corrected chi connectivity index (χ3v) is 3.97. The van der Waals surface area contributed by atoms with Crippen molar-refractivity contribution in [2.75, 3.05) is 13.1 Å². The van der Waals surface area contributed by atoms with Crippen molar-refractivity contribution in [1.82, 2.24) is 15.3 Å². The van der Waals surface area contributed by atoms with Crippen LogP contribution in [0.2, 0.25) is 0 Å². The minimum absolute atomic E-state index is 0.345. The number of nitrogens with one attached hydrogen (secondary N) is 1. The molecule has 2 heterocycles. The summed E-state index contributed by atoms with van der Waals surface area (Å²) in [6, 6.07) is 5.48. The molecule has 1 aromatic rings. The lowest BCUT2D eigenvalue weighted by Gasteiger charge is -2.35. The van der Waals surface area contributed by atoms with Crippen LogP contribution in [-0.4, -0.2) is 28.9 Å². The Kier molecular flexibility index (Phi) is 4.50. The summed E-state index contributed by atoms with van der Waals surface area (Å²) >= 11 is 0. The van der Waals surface area contributed by atoms with Crippen LogP contribution in [0.1, 0.15) is 36.5 Å². The molecule has 0 radical (unpaired) electrons. The van der Waals surface area contributed by atoms with Crippen LogP contribution in [0.15, 0.2) is 18.2 Å². The standard InChI is InChI=1S/C14H22N4O/c1-10-6-7-18(8-11(10)2)9-12-4-3-5-13(16-12)14(19)17-15/h3-5,10-11H,6-9,15H2,1-2H3,(H,17,19). The van der Waals surface area contributed by atoms with Gasteiger partial charge in [-0.1, -0.05) is 19.9 Å². The van der Waals surface area contributed by atoms with Gasteiger partial charge in [0.1, 0.15) is 5.69 Å². The molecule has 0 aliphatic carbocycles. The minimum Gasteiger partial charge on any atom is -0.297 e. The summed E-state index contributed by atoms with van der Waals surface area (Å²) in [5.41, 5.74) is 3.40. The van der Waals surface area contributed by atoms with Gasteiger partial charge in [0.25, 0.3) is 5.91 Å². The molecule has 19 heavy (non-hydrogen) atoms. The first-order valence-corrected chi connectivity index (χ1v) is 6.79. The predicted octanol–water partition coefficient (Wildman–Crippen LogP) is 1.16. The fraction of sp³-hybridized carbons (Fsp3) is 0.571. The number of carbonyl (C=O) groups excluding carboxylic acids is 1. The summed E-state index contributed by atoms with van der Waals surface area (Å²) in [4.78, 5) is 18.2. The average Bonchev–Trinajstić information content (AvgIpc) is 2.42.